The van der Waals surface area contributed by atoms with Crippen molar-refractivity contribution >= 4 is 23.0 Å². The number of fused-ring (bicyclic) bond motifs is 1. The molecule has 1 aliphatic carbocycles. The number of benzene rings is 2. The Morgan fingerprint density at radius 3 is 2.58 bits per heavy atom. The van der Waals surface area contributed by atoms with Crippen LogP contribution in [0.1, 0.15) is 41.6 Å². The molecule has 3 aromatic rings. The van der Waals surface area contributed by atoms with E-state index in [9.17, 15) is 9.59 Å². The number of amides is 3. The van der Waals surface area contributed by atoms with Crippen molar-refractivity contribution in [1.29, 1.82) is 0 Å². The number of rotatable bonds is 8. The van der Waals surface area contributed by atoms with Crippen LogP contribution in [0.5, 0.6) is 0 Å². The van der Waals surface area contributed by atoms with E-state index in [1.54, 1.807) is 16.8 Å². The standard InChI is InChI=1S/C23H28N6O2/c30-22(26-19-8-4-5-9-19)18-10-11-21-20(16-18)27-28-29(21)15-14-25-23(31)24-13-12-17-6-2-1-3-7-17/h1-3,6-7,10-11,16,19H,4-5,8-9,12-15H2,(H,26,30)(H2,24,25,31). The lowest BCUT2D eigenvalue weighted by Gasteiger charge is -2.11. The van der Waals surface area contributed by atoms with Gasteiger partial charge in [0.15, 0.2) is 0 Å². The number of carbonyl (C=O) groups excluding carboxylic acids is 2. The molecule has 1 fully saturated rings. The summed E-state index contributed by atoms with van der Waals surface area (Å²) in [7, 11) is 0. The van der Waals surface area contributed by atoms with Gasteiger partial charge in [-0.15, -0.1) is 5.10 Å². The second-order valence-corrected chi connectivity index (χ2v) is 7.89. The van der Waals surface area contributed by atoms with Gasteiger partial charge >= 0.3 is 6.03 Å². The first-order valence-electron chi connectivity index (χ1n) is 10.9. The van der Waals surface area contributed by atoms with Crippen LogP contribution in [0.4, 0.5) is 4.79 Å². The van der Waals surface area contributed by atoms with Gasteiger partial charge in [-0.25, -0.2) is 9.48 Å². The van der Waals surface area contributed by atoms with E-state index in [4.69, 9.17) is 0 Å². The molecule has 0 saturated heterocycles. The van der Waals surface area contributed by atoms with Crippen LogP contribution in [-0.2, 0) is 13.0 Å². The average molecular weight is 421 g/mol. The summed E-state index contributed by atoms with van der Waals surface area (Å²) in [5.41, 5.74) is 3.30. The zero-order valence-electron chi connectivity index (χ0n) is 17.5. The van der Waals surface area contributed by atoms with Crippen molar-refractivity contribution in [3.05, 3.63) is 59.7 Å². The molecular weight excluding hydrogens is 392 g/mol. The van der Waals surface area contributed by atoms with E-state index < -0.39 is 0 Å². The van der Waals surface area contributed by atoms with Gasteiger partial charge in [0.25, 0.3) is 5.91 Å². The molecule has 0 unspecified atom stereocenters. The lowest BCUT2D eigenvalue weighted by atomic mass is 10.1. The Kier molecular flexibility index (Phi) is 6.76. The molecule has 162 valence electrons. The Hall–Kier alpha value is -3.42. The van der Waals surface area contributed by atoms with Crippen molar-refractivity contribution in [3.8, 4) is 0 Å². The van der Waals surface area contributed by atoms with Crippen LogP contribution in [-0.4, -0.2) is 46.1 Å². The minimum atomic E-state index is -0.203. The second-order valence-electron chi connectivity index (χ2n) is 7.89. The van der Waals surface area contributed by atoms with Gasteiger partial charge in [-0.05, 0) is 43.0 Å². The molecule has 3 N–H and O–H groups in total. The maximum Gasteiger partial charge on any atom is 0.314 e. The fraction of sp³-hybridized carbons (Fsp3) is 0.391. The van der Waals surface area contributed by atoms with Crippen LogP contribution < -0.4 is 16.0 Å². The van der Waals surface area contributed by atoms with Crippen molar-refractivity contribution < 1.29 is 9.59 Å². The van der Waals surface area contributed by atoms with E-state index >= 15 is 0 Å². The normalized spacial score (nSPS) is 13.9. The van der Waals surface area contributed by atoms with E-state index in [2.05, 4.69) is 26.3 Å². The molecule has 3 amide bonds. The lowest BCUT2D eigenvalue weighted by molar-refractivity contribution is 0.0938. The summed E-state index contributed by atoms with van der Waals surface area (Å²) < 4.78 is 1.73. The van der Waals surface area contributed by atoms with Crippen LogP contribution in [0.3, 0.4) is 0 Å². The highest BCUT2D eigenvalue weighted by molar-refractivity contribution is 5.97. The van der Waals surface area contributed by atoms with Crippen molar-refractivity contribution in [3.63, 3.8) is 0 Å². The van der Waals surface area contributed by atoms with Crippen LogP contribution >= 0.6 is 0 Å². The molecule has 8 heteroatoms. The van der Waals surface area contributed by atoms with Crippen LogP contribution in [0.25, 0.3) is 11.0 Å². The number of aromatic nitrogens is 3. The fourth-order valence-electron chi connectivity index (χ4n) is 3.92. The van der Waals surface area contributed by atoms with Crippen molar-refractivity contribution in [2.75, 3.05) is 13.1 Å². The zero-order valence-corrected chi connectivity index (χ0v) is 17.5. The Morgan fingerprint density at radius 2 is 1.77 bits per heavy atom. The predicted octanol–water partition coefficient (Wildman–Crippen LogP) is 2.65. The number of urea groups is 1. The van der Waals surface area contributed by atoms with Gasteiger partial charge in [-0.2, -0.15) is 0 Å². The van der Waals surface area contributed by atoms with Gasteiger partial charge in [0.1, 0.15) is 5.52 Å². The molecule has 1 saturated carbocycles. The Morgan fingerprint density at radius 1 is 1.00 bits per heavy atom. The third kappa shape index (κ3) is 5.59. The smallest absolute Gasteiger partial charge is 0.314 e. The van der Waals surface area contributed by atoms with Gasteiger partial charge in [0.2, 0.25) is 0 Å². The summed E-state index contributed by atoms with van der Waals surface area (Å²) in [5, 5.41) is 17.1. The molecular formula is C23H28N6O2. The predicted molar refractivity (Wildman–Crippen MR) is 119 cm³/mol. The molecule has 0 aliphatic heterocycles. The molecule has 1 aromatic heterocycles. The Labute approximate surface area is 181 Å². The quantitative estimate of drug-likeness (QED) is 0.521. The highest BCUT2D eigenvalue weighted by atomic mass is 16.2. The molecule has 0 atom stereocenters. The minimum absolute atomic E-state index is 0.0582. The van der Waals surface area contributed by atoms with Gasteiger partial charge < -0.3 is 16.0 Å². The van der Waals surface area contributed by atoms with Crippen molar-refractivity contribution in [2.45, 2.75) is 44.7 Å². The fourth-order valence-corrected chi connectivity index (χ4v) is 3.92. The summed E-state index contributed by atoms with van der Waals surface area (Å²) in [4.78, 5) is 24.4. The number of nitrogens with one attached hydrogen (secondary N) is 3. The van der Waals surface area contributed by atoms with E-state index in [0.29, 0.717) is 30.7 Å². The molecule has 4 rings (SSSR count). The number of nitrogens with zero attached hydrogens (tertiary/aromatic N) is 3. The molecule has 1 aliphatic rings. The third-order valence-electron chi connectivity index (χ3n) is 5.62. The first-order valence-corrected chi connectivity index (χ1v) is 10.9. The topological polar surface area (TPSA) is 101 Å². The van der Waals surface area contributed by atoms with Gasteiger partial charge in [-0.1, -0.05) is 48.4 Å². The lowest BCUT2D eigenvalue weighted by Crippen LogP contribution is -2.38. The summed E-state index contributed by atoms with van der Waals surface area (Å²) >= 11 is 0. The highest BCUT2D eigenvalue weighted by Crippen LogP contribution is 2.19. The Balaban J connectivity index is 1.24. The highest BCUT2D eigenvalue weighted by Gasteiger charge is 2.18. The largest absolute Gasteiger partial charge is 0.349 e. The van der Waals surface area contributed by atoms with E-state index in [-0.39, 0.29) is 18.0 Å². The van der Waals surface area contributed by atoms with Crippen molar-refractivity contribution in [2.24, 2.45) is 0 Å². The molecule has 0 radical (unpaired) electrons. The monoisotopic (exact) mass is 420 g/mol. The first-order chi connectivity index (χ1) is 15.2. The minimum Gasteiger partial charge on any atom is -0.349 e. The van der Waals surface area contributed by atoms with Crippen LogP contribution in [0, 0.1) is 0 Å². The van der Waals surface area contributed by atoms with Crippen LogP contribution in [0.2, 0.25) is 0 Å². The molecule has 31 heavy (non-hydrogen) atoms. The summed E-state index contributed by atoms with van der Waals surface area (Å²) in [6.45, 7) is 1.50. The number of hydrogen-bond acceptors (Lipinski definition) is 4. The zero-order chi connectivity index (χ0) is 21.5. The summed E-state index contributed by atoms with van der Waals surface area (Å²) in [6.07, 6.45) is 5.25. The first kappa shape index (κ1) is 20.8. The van der Waals surface area contributed by atoms with Crippen LogP contribution in [0.15, 0.2) is 48.5 Å². The SMILES string of the molecule is O=C(NCCc1ccccc1)NCCn1nnc2cc(C(=O)NC3CCCC3)ccc21. The summed E-state index contributed by atoms with van der Waals surface area (Å²) in [5.74, 6) is -0.0582. The van der Waals surface area contributed by atoms with E-state index in [0.717, 1.165) is 24.8 Å². The molecule has 8 nitrogen and oxygen atoms in total. The van der Waals surface area contributed by atoms with E-state index in [1.807, 2.05) is 36.4 Å². The van der Waals surface area contributed by atoms with Gasteiger partial charge in [0.05, 0.1) is 12.1 Å². The van der Waals surface area contributed by atoms with E-state index in [1.165, 1.54) is 18.4 Å². The maximum absolute atomic E-state index is 12.5. The second kappa shape index (κ2) is 10.1. The number of carbonyl (C=O) groups is 2. The maximum atomic E-state index is 12.5. The molecule has 0 bridgehead atoms. The molecule has 1 heterocycles. The molecule has 2 aromatic carbocycles. The van der Waals surface area contributed by atoms with Gasteiger partial charge in [0, 0.05) is 24.7 Å². The van der Waals surface area contributed by atoms with Gasteiger partial charge in [-0.3, -0.25) is 4.79 Å². The number of hydrogen-bond donors (Lipinski definition) is 3. The third-order valence-corrected chi connectivity index (χ3v) is 5.62. The molecule has 0 spiro atoms. The van der Waals surface area contributed by atoms with Crippen molar-refractivity contribution in [1.82, 2.24) is 30.9 Å². The average Bonchev–Trinajstić information content (AvgIpc) is 3.44. The Bertz CT molecular complexity index is 1030. The summed E-state index contributed by atoms with van der Waals surface area (Å²) in [6, 6.07) is 15.5.